The number of hydrogen-bond acceptors (Lipinski definition) is 0. The monoisotopic (exact) mass is 186 g/mol. The van der Waals surface area contributed by atoms with Crippen LogP contribution in [0, 0.1) is 13.8 Å². The minimum absolute atomic E-state index is 1.31. The normalized spacial score (nSPS) is 9.67. The van der Waals surface area contributed by atoms with Crippen molar-refractivity contribution < 1.29 is 0 Å². The summed E-state index contributed by atoms with van der Waals surface area (Å²) in [7, 11) is 0. The summed E-state index contributed by atoms with van der Waals surface area (Å²) in [6, 6.07) is 6.44. The van der Waals surface area contributed by atoms with Gasteiger partial charge in [-0.1, -0.05) is 0 Å². The van der Waals surface area contributed by atoms with Crippen LogP contribution in [0.5, 0.6) is 0 Å². The van der Waals surface area contributed by atoms with Crippen molar-refractivity contribution in [3.05, 3.63) is 29.3 Å². The van der Waals surface area contributed by atoms with Crippen molar-refractivity contribution in [2.45, 2.75) is 13.8 Å². The maximum atomic E-state index is 2.57. The standard InChI is InChI=1S/C8H10Se/c1-6-3-4-8(9)7(2)5-6/h3-5,9H,1-2H3. The fourth-order valence-electron chi connectivity index (χ4n) is 0.805. The predicted molar refractivity (Wildman–Crippen MR) is 42.7 cm³/mol. The fourth-order valence-corrected chi connectivity index (χ4v) is 1.10. The molecule has 0 bridgehead atoms. The predicted octanol–water partition coefficient (Wildman–Crippen LogP) is 0.830. The molecule has 0 fully saturated rings. The minimum atomic E-state index is 1.31. The molecule has 9 heavy (non-hydrogen) atoms. The van der Waals surface area contributed by atoms with Crippen LogP contribution < -0.4 is 4.46 Å². The summed E-state index contributed by atoms with van der Waals surface area (Å²) in [4.78, 5) is 0. The van der Waals surface area contributed by atoms with E-state index in [0.29, 0.717) is 0 Å². The molecule has 48 valence electrons. The van der Waals surface area contributed by atoms with Crippen LogP contribution in [0.15, 0.2) is 18.2 Å². The third kappa shape index (κ3) is 1.57. The SMILES string of the molecule is Cc1ccc([SeH])c(C)c1. The Hall–Kier alpha value is -0.261. The van der Waals surface area contributed by atoms with E-state index in [-0.39, 0.29) is 0 Å². The summed E-state index contributed by atoms with van der Waals surface area (Å²) in [6.45, 7) is 4.24. The molecule has 0 heterocycles. The van der Waals surface area contributed by atoms with E-state index in [9.17, 15) is 0 Å². The Morgan fingerprint density at radius 1 is 1.22 bits per heavy atom. The van der Waals surface area contributed by atoms with Crippen molar-refractivity contribution in [2.75, 3.05) is 0 Å². The molecule has 0 aromatic heterocycles. The van der Waals surface area contributed by atoms with E-state index < -0.39 is 0 Å². The van der Waals surface area contributed by atoms with E-state index in [1.165, 1.54) is 15.6 Å². The van der Waals surface area contributed by atoms with Gasteiger partial charge in [-0.15, -0.1) is 0 Å². The summed E-state index contributed by atoms with van der Waals surface area (Å²) in [5, 5.41) is 0. The molecule has 0 spiro atoms. The van der Waals surface area contributed by atoms with Crippen molar-refractivity contribution in [1.29, 1.82) is 0 Å². The van der Waals surface area contributed by atoms with Crippen LogP contribution in [-0.4, -0.2) is 16.0 Å². The quantitative estimate of drug-likeness (QED) is 0.525. The van der Waals surface area contributed by atoms with E-state index in [4.69, 9.17) is 0 Å². The van der Waals surface area contributed by atoms with Crippen molar-refractivity contribution >= 4 is 20.5 Å². The molecular weight excluding hydrogens is 175 g/mol. The van der Waals surface area contributed by atoms with Crippen molar-refractivity contribution in [3.8, 4) is 0 Å². The van der Waals surface area contributed by atoms with Gasteiger partial charge >= 0.3 is 63.6 Å². The van der Waals surface area contributed by atoms with Crippen molar-refractivity contribution in [2.24, 2.45) is 0 Å². The second-order valence-corrected chi connectivity index (χ2v) is 3.30. The maximum absolute atomic E-state index is 2.57. The zero-order valence-electron chi connectivity index (χ0n) is 5.68. The molecule has 0 aliphatic carbocycles. The first-order valence-electron chi connectivity index (χ1n) is 2.96. The molecule has 0 aliphatic heterocycles. The molecule has 0 saturated carbocycles. The van der Waals surface area contributed by atoms with Crippen LogP contribution >= 0.6 is 0 Å². The van der Waals surface area contributed by atoms with E-state index in [1.807, 2.05) is 0 Å². The number of aryl methyl sites for hydroxylation is 2. The van der Waals surface area contributed by atoms with Gasteiger partial charge in [0, 0.05) is 0 Å². The Balaban J connectivity index is 3.17. The van der Waals surface area contributed by atoms with E-state index in [0.717, 1.165) is 0 Å². The van der Waals surface area contributed by atoms with Gasteiger partial charge in [0.1, 0.15) is 0 Å². The van der Waals surface area contributed by atoms with E-state index in [1.54, 1.807) is 0 Å². The van der Waals surface area contributed by atoms with Crippen LogP contribution in [-0.2, 0) is 0 Å². The summed E-state index contributed by atoms with van der Waals surface area (Å²) >= 11 is 2.57. The molecule has 0 N–H and O–H groups in total. The van der Waals surface area contributed by atoms with Gasteiger partial charge in [-0.3, -0.25) is 0 Å². The van der Waals surface area contributed by atoms with Gasteiger partial charge in [0.05, 0.1) is 0 Å². The molecule has 1 aromatic rings. The first kappa shape index (κ1) is 6.85. The molecule has 0 nitrogen and oxygen atoms in total. The van der Waals surface area contributed by atoms with Gasteiger partial charge in [0.15, 0.2) is 0 Å². The van der Waals surface area contributed by atoms with Crippen LogP contribution in [0.1, 0.15) is 11.1 Å². The molecule has 1 aromatic carbocycles. The molecule has 0 radical (unpaired) electrons. The Labute approximate surface area is 64.1 Å². The second kappa shape index (κ2) is 2.55. The third-order valence-corrected chi connectivity index (χ3v) is 2.41. The van der Waals surface area contributed by atoms with Crippen LogP contribution in [0.3, 0.4) is 0 Å². The summed E-state index contributed by atoms with van der Waals surface area (Å²) in [5.74, 6) is 0. The van der Waals surface area contributed by atoms with Gasteiger partial charge in [-0.25, -0.2) is 0 Å². The zero-order valence-corrected chi connectivity index (χ0v) is 7.56. The molecule has 0 aliphatic rings. The molecule has 0 unspecified atom stereocenters. The molecule has 0 amide bonds. The number of benzene rings is 1. The second-order valence-electron chi connectivity index (χ2n) is 2.29. The van der Waals surface area contributed by atoms with Crippen LogP contribution in [0.4, 0.5) is 0 Å². The van der Waals surface area contributed by atoms with Gasteiger partial charge in [0.25, 0.3) is 0 Å². The van der Waals surface area contributed by atoms with Gasteiger partial charge in [0.2, 0.25) is 0 Å². The average molecular weight is 185 g/mol. The summed E-state index contributed by atoms with van der Waals surface area (Å²) < 4.78 is 1.31. The fraction of sp³-hybridized carbons (Fsp3) is 0.250. The van der Waals surface area contributed by atoms with Crippen LogP contribution in [0.2, 0.25) is 0 Å². The van der Waals surface area contributed by atoms with Crippen LogP contribution in [0.25, 0.3) is 0 Å². The van der Waals surface area contributed by atoms with Gasteiger partial charge in [-0.2, -0.15) is 0 Å². The van der Waals surface area contributed by atoms with Crippen molar-refractivity contribution in [3.63, 3.8) is 0 Å². The summed E-state index contributed by atoms with van der Waals surface area (Å²) in [6.07, 6.45) is 0. The molecule has 1 rings (SSSR count). The van der Waals surface area contributed by atoms with E-state index in [2.05, 4.69) is 48.1 Å². The Morgan fingerprint density at radius 3 is 2.33 bits per heavy atom. The Bertz CT molecular complexity index is 216. The Morgan fingerprint density at radius 2 is 1.89 bits per heavy atom. The van der Waals surface area contributed by atoms with Gasteiger partial charge < -0.3 is 0 Å². The topological polar surface area (TPSA) is 0 Å². The van der Waals surface area contributed by atoms with E-state index >= 15 is 0 Å². The average Bonchev–Trinajstić information content (AvgIpc) is 1.80. The first-order chi connectivity index (χ1) is 4.20. The third-order valence-electron chi connectivity index (χ3n) is 1.35. The summed E-state index contributed by atoms with van der Waals surface area (Å²) in [5.41, 5.74) is 2.69. The Kier molecular flexibility index (Phi) is 1.94. The number of hydrogen-bond donors (Lipinski definition) is 0. The van der Waals surface area contributed by atoms with Gasteiger partial charge in [-0.05, 0) is 0 Å². The van der Waals surface area contributed by atoms with Crippen molar-refractivity contribution in [1.82, 2.24) is 0 Å². The molecule has 0 saturated heterocycles. The molecule has 0 atom stereocenters. The number of rotatable bonds is 0. The molecular formula is C8H10Se. The molecule has 1 heteroatoms. The first-order valence-corrected chi connectivity index (χ1v) is 3.90. The zero-order chi connectivity index (χ0) is 6.85.